The molecule has 1 atom stereocenters. The summed E-state index contributed by atoms with van der Waals surface area (Å²) < 4.78 is 18.1. The number of halogens is 2. The molecule has 82 valence electrons. The summed E-state index contributed by atoms with van der Waals surface area (Å²) in [6, 6.07) is 4.34. The molecule has 0 aromatic heterocycles. The van der Waals surface area contributed by atoms with Gasteiger partial charge in [0, 0.05) is 11.8 Å². The van der Waals surface area contributed by atoms with E-state index >= 15 is 0 Å². The molecule has 1 unspecified atom stereocenters. The van der Waals surface area contributed by atoms with Crippen LogP contribution in [0.15, 0.2) is 24.4 Å². The van der Waals surface area contributed by atoms with Gasteiger partial charge in [0.15, 0.2) is 0 Å². The quantitative estimate of drug-likeness (QED) is 0.639. The number of rotatable bonds is 3. The minimum atomic E-state index is -0.325. The van der Waals surface area contributed by atoms with Gasteiger partial charge < -0.3 is 10.5 Å². The molecule has 1 rings (SSSR count). The van der Waals surface area contributed by atoms with Gasteiger partial charge in [-0.2, -0.15) is 0 Å². The molecule has 0 aliphatic rings. The van der Waals surface area contributed by atoms with E-state index in [0.29, 0.717) is 16.9 Å². The lowest BCUT2D eigenvalue weighted by Crippen LogP contribution is -1.99. The van der Waals surface area contributed by atoms with Gasteiger partial charge in [-0.1, -0.05) is 0 Å². The van der Waals surface area contributed by atoms with Gasteiger partial charge in [0.2, 0.25) is 0 Å². The molecule has 2 nitrogen and oxygen atoms in total. The van der Waals surface area contributed by atoms with Crippen molar-refractivity contribution in [2.75, 3.05) is 7.11 Å². The summed E-state index contributed by atoms with van der Waals surface area (Å²) in [6.45, 7) is 1.77. The first-order valence-electron chi connectivity index (χ1n) is 4.50. The van der Waals surface area contributed by atoms with Crippen LogP contribution in [0.1, 0.15) is 23.4 Å². The Morgan fingerprint density at radius 1 is 1.60 bits per heavy atom. The molecule has 0 fully saturated rings. The smallest absolute Gasteiger partial charge is 0.141 e. The first-order valence-corrected chi connectivity index (χ1v) is 4.93. The Morgan fingerprint density at radius 2 is 2.27 bits per heavy atom. The van der Waals surface area contributed by atoms with Gasteiger partial charge in [0.1, 0.15) is 11.6 Å². The van der Waals surface area contributed by atoms with Crippen molar-refractivity contribution in [3.05, 3.63) is 41.3 Å². The average molecular weight is 230 g/mol. The zero-order valence-corrected chi connectivity index (χ0v) is 9.38. The third-order valence-electron chi connectivity index (χ3n) is 2.08. The van der Waals surface area contributed by atoms with E-state index in [2.05, 4.69) is 0 Å². The predicted octanol–water partition coefficient (Wildman–Crippen LogP) is 3.03. The molecule has 0 radical (unpaired) electrons. The average Bonchev–Trinajstić information content (AvgIpc) is 2.21. The van der Waals surface area contributed by atoms with Gasteiger partial charge >= 0.3 is 0 Å². The largest absolute Gasteiger partial charge is 0.495 e. The SMILES string of the molecule is CO/C(=C/N)c1ccc(F)cc1C(C)Cl. The Bertz CT molecular complexity index is 377. The first-order chi connectivity index (χ1) is 7.10. The van der Waals surface area contributed by atoms with E-state index in [0.717, 1.165) is 0 Å². The summed E-state index contributed by atoms with van der Waals surface area (Å²) in [5.41, 5.74) is 6.77. The molecule has 4 heteroatoms. The van der Waals surface area contributed by atoms with Crippen LogP contribution in [0, 0.1) is 5.82 Å². The summed E-state index contributed by atoms with van der Waals surface area (Å²) in [4.78, 5) is 0. The van der Waals surface area contributed by atoms with E-state index in [9.17, 15) is 4.39 Å². The number of alkyl halides is 1. The van der Waals surface area contributed by atoms with Crippen LogP contribution in [0.3, 0.4) is 0 Å². The highest BCUT2D eigenvalue weighted by Crippen LogP contribution is 2.29. The van der Waals surface area contributed by atoms with Crippen LogP contribution in [0.5, 0.6) is 0 Å². The number of hydrogen-bond donors (Lipinski definition) is 1. The van der Waals surface area contributed by atoms with Crippen LogP contribution in [0.2, 0.25) is 0 Å². The van der Waals surface area contributed by atoms with Crippen LogP contribution in [-0.2, 0) is 4.74 Å². The van der Waals surface area contributed by atoms with Crippen molar-refractivity contribution in [1.82, 2.24) is 0 Å². The molecule has 0 amide bonds. The summed E-state index contributed by atoms with van der Waals surface area (Å²) in [7, 11) is 1.50. The maximum absolute atomic E-state index is 13.0. The fraction of sp³-hybridized carbons (Fsp3) is 0.273. The Balaban J connectivity index is 3.28. The molecule has 1 aromatic rings. The van der Waals surface area contributed by atoms with Crippen molar-refractivity contribution < 1.29 is 9.13 Å². The summed E-state index contributed by atoms with van der Waals surface area (Å²) >= 11 is 5.95. The normalized spacial score (nSPS) is 13.7. The molecule has 2 N–H and O–H groups in total. The van der Waals surface area contributed by atoms with E-state index < -0.39 is 0 Å². The monoisotopic (exact) mass is 229 g/mol. The second kappa shape index (κ2) is 5.03. The van der Waals surface area contributed by atoms with Crippen molar-refractivity contribution in [2.24, 2.45) is 5.73 Å². The van der Waals surface area contributed by atoms with Crippen molar-refractivity contribution in [1.29, 1.82) is 0 Å². The minimum Gasteiger partial charge on any atom is -0.495 e. The lowest BCUT2D eigenvalue weighted by molar-refractivity contribution is 0.368. The molecular formula is C11H13ClFNO. The topological polar surface area (TPSA) is 35.2 Å². The van der Waals surface area contributed by atoms with Crippen LogP contribution < -0.4 is 5.73 Å². The summed E-state index contributed by atoms with van der Waals surface area (Å²) in [5.74, 6) is 0.159. The minimum absolute atomic E-state index is 0.305. The highest BCUT2D eigenvalue weighted by molar-refractivity contribution is 6.20. The van der Waals surface area contributed by atoms with Crippen molar-refractivity contribution >= 4 is 17.4 Å². The Hall–Kier alpha value is -1.22. The van der Waals surface area contributed by atoms with Crippen molar-refractivity contribution in [2.45, 2.75) is 12.3 Å². The molecule has 15 heavy (non-hydrogen) atoms. The highest BCUT2D eigenvalue weighted by Gasteiger charge is 2.13. The van der Waals surface area contributed by atoms with E-state index in [-0.39, 0.29) is 11.2 Å². The fourth-order valence-electron chi connectivity index (χ4n) is 1.35. The van der Waals surface area contributed by atoms with Gasteiger partial charge in [-0.25, -0.2) is 4.39 Å². The van der Waals surface area contributed by atoms with E-state index in [1.807, 2.05) is 0 Å². The maximum Gasteiger partial charge on any atom is 0.141 e. The van der Waals surface area contributed by atoms with Crippen molar-refractivity contribution in [3.8, 4) is 0 Å². The zero-order valence-electron chi connectivity index (χ0n) is 8.63. The van der Waals surface area contributed by atoms with Gasteiger partial charge in [-0.05, 0) is 30.7 Å². The van der Waals surface area contributed by atoms with Gasteiger partial charge in [0.05, 0.1) is 12.5 Å². The van der Waals surface area contributed by atoms with Crippen molar-refractivity contribution in [3.63, 3.8) is 0 Å². The molecule has 0 heterocycles. The fourth-order valence-corrected chi connectivity index (χ4v) is 1.54. The van der Waals surface area contributed by atoms with E-state index in [4.69, 9.17) is 22.1 Å². The third kappa shape index (κ3) is 2.63. The molecule has 0 spiro atoms. The highest BCUT2D eigenvalue weighted by atomic mass is 35.5. The molecule has 0 bridgehead atoms. The first kappa shape index (κ1) is 11.9. The predicted molar refractivity (Wildman–Crippen MR) is 59.8 cm³/mol. The number of benzene rings is 1. The van der Waals surface area contributed by atoms with Crippen LogP contribution >= 0.6 is 11.6 Å². The third-order valence-corrected chi connectivity index (χ3v) is 2.31. The molecule has 0 aliphatic heterocycles. The van der Waals surface area contributed by atoms with Gasteiger partial charge in [-0.15, -0.1) is 11.6 Å². The Kier molecular flexibility index (Phi) is 3.97. The number of methoxy groups -OCH3 is 1. The lowest BCUT2D eigenvalue weighted by atomic mass is 10.0. The standard InChI is InChI=1S/C11H13ClFNO/c1-7(12)10-5-8(13)3-4-9(10)11(6-14)15-2/h3-7H,14H2,1-2H3/b11-6+. The van der Waals surface area contributed by atoms with Crippen LogP contribution in [0.4, 0.5) is 4.39 Å². The Labute approximate surface area is 93.5 Å². The van der Waals surface area contributed by atoms with E-state index in [1.165, 1.54) is 25.4 Å². The Morgan fingerprint density at radius 3 is 2.73 bits per heavy atom. The number of hydrogen-bond acceptors (Lipinski definition) is 2. The second-order valence-electron chi connectivity index (χ2n) is 3.08. The summed E-state index contributed by atoms with van der Waals surface area (Å²) in [5, 5.41) is -0.305. The molecular weight excluding hydrogens is 217 g/mol. The summed E-state index contributed by atoms with van der Waals surface area (Å²) in [6.07, 6.45) is 1.33. The molecule has 1 aromatic carbocycles. The number of ether oxygens (including phenoxy) is 1. The van der Waals surface area contributed by atoms with E-state index in [1.54, 1.807) is 13.0 Å². The zero-order chi connectivity index (χ0) is 11.4. The van der Waals surface area contributed by atoms with Crippen LogP contribution in [-0.4, -0.2) is 7.11 Å². The van der Waals surface area contributed by atoms with Gasteiger partial charge in [0.25, 0.3) is 0 Å². The molecule has 0 saturated heterocycles. The molecule has 0 aliphatic carbocycles. The number of nitrogens with two attached hydrogens (primary N) is 1. The second-order valence-corrected chi connectivity index (χ2v) is 3.74. The molecule has 0 saturated carbocycles. The lowest BCUT2D eigenvalue weighted by Gasteiger charge is -2.13. The maximum atomic E-state index is 13.0. The van der Waals surface area contributed by atoms with Crippen LogP contribution in [0.25, 0.3) is 5.76 Å². The van der Waals surface area contributed by atoms with Gasteiger partial charge in [-0.3, -0.25) is 0 Å².